The molecule has 1 aliphatic heterocycles. The van der Waals surface area contributed by atoms with Gasteiger partial charge in [-0.3, -0.25) is 5.43 Å². The Morgan fingerprint density at radius 3 is 2.53 bits per heavy atom. The van der Waals surface area contributed by atoms with E-state index in [4.69, 9.17) is 5.84 Å². The number of rotatable bonds is 3. The Balaban J connectivity index is 2.44. The van der Waals surface area contributed by atoms with Gasteiger partial charge in [-0.25, -0.2) is 10.8 Å². The van der Waals surface area contributed by atoms with Gasteiger partial charge in [0.15, 0.2) is 0 Å². The van der Waals surface area contributed by atoms with Gasteiger partial charge in [-0.15, -0.1) is 0 Å². The first-order valence-corrected chi connectivity index (χ1v) is 6.47. The second-order valence-corrected chi connectivity index (χ2v) is 5.32. The van der Waals surface area contributed by atoms with Crippen LogP contribution in [0.15, 0.2) is 4.99 Å². The summed E-state index contributed by atoms with van der Waals surface area (Å²) in [6.45, 7) is 7.54. The first kappa shape index (κ1) is 14.3. The summed E-state index contributed by atoms with van der Waals surface area (Å²) < 4.78 is 0. The van der Waals surface area contributed by atoms with Gasteiger partial charge in [0.2, 0.25) is 5.96 Å². The van der Waals surface area contributed by atoms with Crippen LogP contribution in [0.25, 0.3) is 0 Å². The van der Waals surface area contributed by atoms with E-state index >= 15 is 0 Å². The number of likely N-dealkylation sites (tertiary alicyclic amines) is 1. The molecule has 1 saturated heterocycles. The molecule has 0 saturated carbocycles. The molecular formula is C12H27N5. The van der Waals surface area contributed by atoms with E-state index in [0.29, 0.717) is 0 Å². The molecule has 0 aliphatic carbocycles. The molecule has 17 heavy (non-hydrogen) atoms. The van der Waals surface area contributed by atoms with Crippen molar-refractivity contribution in [1.82, 2.24) is 15.2 Å². The summed E-state index contributed by atoms with van der Waals surface area (Å²) in [5.41, 5.74) is 2.70. The number of hydrazine groups is 1. The second-order valence-electron chi connectivity index (χ2n) is 5.32. The maximum atomic E-state index is 5.52. The van der Waals surface area contributed by atoms with Crippen LogP contribution >= 0.6 is 0 Å². The van der Waals surface area contributed by atoms with Gasteiger partial charge in [0.05, 0.1) is 0 Å². The van der Waals surface area contributed by atoms with Crippen molar-refractivity contribution in [3.05, 3.63) is 0 Å². The third kappa shape index (κ3) is 4.91. The number of hydrogen-bond acceptors (Lipinski definition) is 3. The third-order valence-electron chi connectivity index (χ3n) is 3.24. The van der Waals surface area contributed by atoms with Gasteiger partial charge in [-0.1, -0.05) is 0 Å². The first-order chi connectivity index (χ1) is 8.02. The number of hydrogen-bond donors (Lipinski definition) is 2. The number of nitrogens with two attached hydrogens (primary N) is 1. The van der Waals surface area contributed by atoms with Crippen molar-refractivity contribution < 1.29 is 0 Å². The largest absolute Gasteiger partial charge is 0.345 e. The molecule has 100 valence electrons. The fourth-order valence-electron chi connectivity index (χ4n) is 2.21. The average molecular weight is 241 g/mol. The highest BCUT2D eigenvalue weighted by Gasteiger charge is 2.19. The quantitative estimate of drug-likeness (QED) is 0.327. The van der Waals surface area contributed by atoms with Gasteiger partial charge in [-0.2, -0.15) is 0 Å². The minimum Gasteiger partial charge on any atom is -0.345 e. The van der Waals surface area contributed by atoms with E-state index in [1.54, 1.807) is 0 Å². The Labute approximate surface area is 105 Å². The topological polar surface area (TPSA) is 56.9 Å². The maximum Gasteiger partial charge on any atom is 0.208 e. The summed E-state index contributed by atoms with van der Waals surface area (Å²) in [5, 5.41) is 0. The predicted octanol–water partition coefficient (Wildman–Crippen LogP) is 0.488. The van der Waals surface area contributed by atoms with Crippen LogP contribution in [-0.2, 0) is 0 Å². The summed E-state index contributed by atoms with van der Waals surface area (Å²) in [6, 6.07) is 0.265. The molecule has 1 aliphatic rings. The number of guanidine groups is 1. The van der Waals surface area contributed by atoms with Crippen LogP contribution in [0.2, 0.25) is 0 Å². The van der Waals surface area contributed by atoms with Gasteiger partial charge in [0.25, 0.3) is 0 Å². The fourth-order valence-corrected chi connectivity index (χ4v) is 2.21. The zero-order valence-electron chi connectivity index (χ0n) is 11.6. The monoisotopic (exact) mass is 241 g/mol. The van der Waals surface area contributed by atoms with Crippen molar-refractivity contribution in [3.63, 3.8) is 0 Å². The molecular weight excluding hydrogens is 214 g/mol. The lowest BCUT2D eigenvalue weighted by Crippen LogP contribution is -2.46. The lowest BCUT2D eigenvalue weighted by atomic mass is 9.97. The van der Waals surface area contributed by atoms with E-state index < -0.39 is 0 Å². The Bertz CT molecular complexity index is 243. The summed E-state index contributed by atoms with van der Waals surface area (Å²) >= 11 is 0. The molecule has 3 N–H and O–H groups in total. The zero-order chi connectivity index (χ0) is 12.8. The standard InChI is InChI=1S/C12H27N5/c1-10(2)14-12(15-13)17(4)9-11-5-7-16(3)8-6-11/h10-11H,5-9,13H2,1-4H3,(H,14,15). The van der Waals surface area contributed by atoms with Crippen molar-refractivity contribution in [2.24, 2.45) is 16.8 Å². The Hall–Kier alpha value is -0.810. The Kier molecular flexibility index (Phi) is 5.71. The number of aliphatic imine (C=N–C) groups is 1. The molecule has 0 amide bonds. The minimum absolute atomic E-state index is 0.265. The van der Waals surface area contributed by atoms with Gasteiger partial charge in [0.1, 0.15) is 0 Å². The summed E-state index contributed by atoms with van der Waals surface area (Å²) in [5.74, 6) is 7.06. The molecule has 1 rings (SSSR count). The minimum atomic E-state index is 0.265. The van der Waals surface area contributed by atoms with Crippen LogP contribution in [-0.4, -0.2) is 55.5 Å². The van der Waals surface area contributed by atoms with Gasteiger partial charge in [0, 0.05) is 19.6 Å². The highest BCUT2D eigenvalue weighted by Crippen LogP contribution is 2.16. The van der Waals surface area contributed by atoms with Crippen LogP contribution in [0.5, 0.6) is 0 Å². The lowest BCUT2D eigenvalue weighted by Gasteiger charge is -2.32. The van der Waals surface area contributed by atoms with Crippen LogP contribution in [0, 0.1) is 5.92 Å². The smallest absolute Gasteiger partial charge is 0.208 e. The van der Waals surface area contributed by atoms with Crippen LogP contribution in [0.3, 0.4) is 0 Å². The van der Waals surface area contributed by atoms with Crippen LogP contribution in [0.1, 0.15) is 26.7 Å². The van der Waals surface area contributed by atoms with Gasteiger partial charge in [-0.05, 0) is 52.7 Å². The molecule has 5 nitrogen and oxygen atoms in total. The molecule has 0 aromatic heterocycles. The molecule has 0 spiro atoms. The van der Waals surface area contributed by atoms with E-state index in [9.17, 15) is 0 Å². The molecule has 0 aromatic carbocycles. The summed E-state index contributed by atoms with van der Waals surface area (Å²) in [7, 11) is 4.24. The molecule has 0 atom stereocenters. The zero-order valence-corrected chi connectivity index (χ0v) is 11.6. The number of nitrogens with zero attached hydrogens (tertiary/aromatic N) is 3. The van der Waals surface area contributed by atoms with Crippen LogP contribution in [0.4, 0.5) is 0 Å². The molecule has 1 heterocycles. The Morgan fingerprint density at radius 2 is 2.06 bits per heavy atom. The maximum absolute atomic E-state index is 5.52. The van der Waals surface area contributed by atoms with E-state index in [0.717, 1.165) is 18.4 Å². The molecule has 1 fully saturated rings. The van der Waals surface area contributed by atoms with Crippen molar-refractivity contribution >= 4 is 5.96 Å². The van der Waals surface area contributed by atoms with E-state index in [-0.39, 0.29) is 6.04 Å². The molecule has 0 radical (unpaired) electrons. The Morgan fingerprint density at radius 1 is 1.47 bits per heavy atom. The normalized spacial score (nSPS) is 19.8. The summed E-state index contributed by atoms with van der Waals surface area (Å²) in [6.07, 6.45) is 2.53. The highest BCUT2D eigenvalue weighted by atomic mass is 15.4. The molecule has 0 bridgehead atoms. The SMILES string of the molecule is CC(C)N=C(NN)N(C)CC1CCN(C)CC1. The predicted molar refractivity (Wildman–Crippen MR) is 72.7 cm³/mol. The molecule has 0 unspecified atom stereocenters. The second kappa shape index (κ2) is 6.81. The molecule has 5 heteroatoms. The third-order valence-corrected chi connectivity index (χ3v) is 3.24. The molecule has 0 aromatic rings. The van der Waals surface area contributed by atoms with Crippen molar-refractivity contribution in [1.29, 1.82) is 0 Å². The van der Waals surface area contributed by atoms with Crippen molar-refractivity contribution in [2.75, 3.05) is 33.7 Å². The average Bonchev–Trinajstić information content (AvgIpc) is 2.28. The van der Waals surface area contributed by atoms with E-state index in [2.05, 4.69) is 48.2 Å². The number of piperidine rings is 1. The van der Waals surface area contributed by atoms with E-state index in [1.165, 1.54) is 25.9 Å². The first-order valence-electron chi connectivity index (χ1n) is 6.47. The van der Waals surface area contributed by atoms with Gasteiger partial charge >= 0.3 is 0 Å². The lowest BCUT2D eigenvalue weighted by molar-refractivity contribution is 0.199. The van der Waals surface area contributed by atoms with Crippen molar-refractivity contribution in [2.45, 2.75) is 32.7 Å². The fraction of sp³-hybridized carbons (Fsp3) is 0.917. The highest BCUT2D eigenvalue weighted by molar-refractivity contribution is 5.79. The van der Waals surface area contributed by atoms with Crippen LogP contribution < -0.4 is 11.3 Å². The summed E-state index contributed by atoms with van der Waals surface area (Å²) in [4.78, 5) is 9.00. The van der Waals surface area contributed by atoms with Gasteiger partial charge < -0.3 is 9.80 Å². The van der Waals surface area contributed by atoms with E-state index in [1.807, 2.05) is 0 Å². The van der Waals surface area contributed by atoms with Crippen molar-refractivity contribution in [3.8, 4) is 0 Å². The number of nitrogens with one attached hydrogen (secondary N) is 1.